The average molecular weight is 507 g/mol. The molecule has 2 aliphatic rings. The molecule has 0 spiro atoms. The molecule has 0 N–H and O–H groups in total. The van der Waals surface area contributed by atoms with E-state index in [2.05, 4.69) is 139 Å². The van der Waals surface area contributed by atoms with Gasteiger partial charge < -0.3 is 18.3 Å². The first-order chi connectivity index (χ1) is 13.4. The number of hydrogen-bond acceptors (Lipinski definition) is 4. The van der Waals surface area contributed by atoms with Crippen LogP contribution in [0.1, 0.15) is 83.1 Å². The van der Waals surface area contributed by atoms with Gasteiger partial charge in [0.05, 0.1) is 0 Å². The van der Waals surface area contributed by atoms with Crippen molar-refractivity contribution >= 4 is 19.7 Å². The van der Waals surface area contributed by atoms with Crippen molar-refractivity contribution in [1.29, 1.82) is 0 Å². The minimum Gasteiger partial charge on any atom is 0 e. The maximum atomic E-state index is 7.50. The number of nitrogens with zero attached hydrogens (tertiary/aromatic N) is 4. The van der Waals surface area contributed by atoms with Crippen molar-refractivity contribution in [2.75, 3.05) is 0 Å². The molecule has 2 aliphatic heterocycles. The number of hydrogen-bond donors (Lipinski definition) is 0. The zero-order chi connectivity index (χ0) is 24.6. The summed E-state index contributed by atoms with van der Waals surface area (Å²) in [7, 11) is 1.50. The molecule has 6 nitrogen and oxygen atoms in total. The molecule has 0 bridgehead atoms. The quantitative estimate of drug-likeness (QED) is 0.278. The number of rotatable bonds is 0. The van der Waals surface area contributed by atoms with Crippen molar-refractivity contribution in [2.45, 2.75) is 105 Å². The van der Waals surface area contributed by atoms with E-state index < -0.39 is 0 Å². The van der Waals surface area contributed by atoms with Gasteiger partial charge in [-0.05, 0) is 83.1 Å². The molecular formula is C22H40N4NiO2Si2. The minimum absolute atomic E-state index is 0. The minimum atomic E-state index is 0. The fourth-order valence-corrected chi connectivity index (χ4v) is 4.32. The summed E-state index contributed by atoms with van der Waals surface area (Å²) in [6.07, 6.45) is 8.79. The summed E-state index contributed by atoms with van der Waals surface area (Å²) in [5.41, 5.74) is 0.980. The third-order valence-electron chi connectivity index (χ3n) is 4.05. The molecule has 0 fully saturated rings. The first kappa shape index (κ1) is 34.7. The van der Waals surface area contributed by atoms with Crippen molar-refractivity contribution in [3.05, 3.63) is 38.1 Å². The second-order valence-corrected chi connectivity index (χ2v) is 13.3. The van der Waals surface area contributed by atoms with Gasteiger partial charge in [0, 0.05) is 63.4 Å². The summed E-state index contributed by atoms with van der Waals surface area (Å²) < 4.78 is 24.5. The zero-order valence-electron chi connectivity index (χ0n) is 21.2. The van der Waals surface area contributed by atoms with Gasteiger partial charge in [0.15, 0.2) is 0 Å². The largest absolute Gasteiger partial charge is 0 e. The van der Waals surface area contributed by atoms with E-state index in [1.165, 1.54) is 0 Å². The molecule has 2 rings (SSSR count). The predicted octanol–water partition coefficient (Wildman–Crippen LogP) is 4.34. The van der Waals surface area contributed by atoms with E-state index in [4.69, 9.17) is 9.30 Å². The Morgan fingerprint density at radius 3 is 0.645 bits per heavy atom. The third kappa shape index (κ3) is 12.6. The van der Waals surface area contributed by atoms with Crippen molar-refractivity contribution in [3.63, 3.8) is 0 Å². The SMILES string of the molecule is CC(C)(C)N1C=CN(C(C)(C)C)[Si]1.CC(C)(C)N1C=CN(C(C)(C)C)[Si]1.[C-]#[O+].[C-]#[O+].[Ni]. The summed E-state index contributed by atoms with van der Waals surface area (Å²) in [6, 6.07) is 0. The van der Waals surface area contributed by atoms with Gasteiger partial charge in [-0.1, -0.05) is 0 Å². The van der Waals surface area contributed by atoms with Crippen LogP contribution in [0, 0.1) is 13.3 Å². The van der Waals surface area contributed by atoms with Gasteiger partial charge in [-0.25, -0.2) is 0 Å². The summed E-state index contributed by atoms with van der Waals surface area (Å²) in [5, 5.41) is 0. The molecule has 4 radical (unpaired) electrons. The van der Waals surface area contributed by atoms with Crippen molar-refractivity contribution in [1.82, 2.24) is 18.3 Å². The molecule has 0 unspecified atom stereocenters. The Hall–Kier alpha value is -0.913. The molecule has 0 saturated carbocycles. The zero-order valence-corrected chi connectivity index (χ0v) is 24.2. The first-order valence-corrected chi connectivity index (χ1v) is 11.7. The van der Waals surface area contributed by atoms with Gasteiger partial charge in [0.2, 0.25) is 0 Å². The molecule has 0 aromatic heterocycles. The van der Waals surface area contributed by atoms with Crippen LogP contribution in [0.2, 0.25) is 0 Å². The van der Waals surface area contributed by atoms with Crippen LogP contribution in [-0.4, -0.2) is 60.1 Å². The molecule has 0 aromatic rings. The van der Waals surface area contributed by atoms with Crippen molar-refractivity contribution < 1.29 is 25.8 Å². The van der Waals surface area contributed by atoms with Crippen LogP contribution in [0.3, 0.4) is 0 Å². The molecule has 9 heteroatoms. The summed E-state index contributed by atoms with van der Waals surface area (Å²) in [4.78, 5) is 0. The molecule has 0 aliphatic carbocycles. The summed E-state index contributed by atoms with van der Waals surface area (Å²) >= 11 is 0. The van der Waals surface area contributed by atoms with Crippen molar-refractivity contribution in [2.24, 2.45) is 0 Å². The molecule has 0 saturated heterocycles. The molecule has 0 aromatic carbocycles. The molecule has 31 heavy (non-hydrogen) atoms. The smallest absolute Gasteiger partial charge is 0 e. The fourth-order valence-electron chi connectivity index (χ4n) is 2.13. The summed E-state index contributed by atoms with van der Waals surface area (Å²) in [5.74, 6) is 0. The van der Waals surface area contributed by atoms with Crippen LogP contribution in [0.15, 0.2) is 24.8 Å². The van der Waals surface area contributed by atoms with Crippen LogP contribution in [-0.2, 0) is 25.8 Å². The Morgan fingerprint density at radius 1 is 0.452 bits per heavy atom. The Labute approximate surface area is 206 Å². The monoisotopic (exact) mass is 506 g/mol. The topological polar surface area (TPSA) is 52.8 Å². The predicted molar refractivity (Wildman–Crippen MR) is 124 cm³/mol. The fraction of sp³-hybridized carbons (Fsp3) is 0.727. The second-order valence-electron chi connectivity index (χ2n) is 11.0. The van der Waals surface area contributed by atoms with E-state index in [0.29, 0.717) is 0 Å². The molecule has 0 amide bonds. The van der Waals surface area contributed by atoms with E-state index in [9.17, 15) is 0 Å². The van der Waals surface area contributed by atoms with E-state index in [0.717, 1.165) is 19.7 Å². The van der Waals surface area contributed by atoms with E-state index >= 15 is 0 Å². The Morgan fingerprint density at radius 2 is 0.581 bits per heavy atom. The summed E-state index contributed by atoms with van der Waals surface area (Å²) in [6.45, 7) is 36.0. The van der Waals surface area contributed by atoms with Gasteiger partial charge in [-0.2, -0.15) is 0 Å². The Bertz CT molecular complexity index is 511. The molecule has 2 heterocycles. The van der Waals surface area contributed by atoms with Crippen molar-refractivity contribution in [3.8, 4) is 0 Å². The van der Waals surface area contributed by atoms with Crippen LogP contribution >= 0.6 is 0 Å². The normalized spacial score (nSPS) is 15.7. The third-order valence-corrected chi connectivity index (χ3v) is 8.19. The van der Waals surface area contributed by atoms with Gasteiger partial charge in [-0.3, -0.25) is 0 Å². The molecule has 0 atom stereocenters. The standard InChI is InChI=1S/2C10H20N2Si.2CO.Ni/c2*1-9(2,3)11-7-8-12(13-11)10(4,5)6;2*1-2;/h2*7-8H,1-6H3;;;. The van der Waals surface area contributed by atoms with Crippen LogP contribution in [0.4, 0.5) is 0 Å². The van der Waals surface area contributed by atoms with E-state index in [1.54, 1.807) is 0 Å². The average Bonchev–Trinajstić information content (AvgIpc) is 3.27. The van der Waals surface area contributed by atoms with Crippen LogP contribution < -0.4 is 0 Å². The first-order valence-electron chi connectivity index (χ1n) is 9.90. The van der Waals surface area contributed by atoms with Crippen LogP contribution in [0.5, 0.6) is 0 Å². The van der Waals surface area contributed by atoms with Gasteiger partial charge >= 0.3 is 42.3 Å². The van der Waals surface area contributed by atoms with Gasteiger partial charge in [0.1, 0.15) is 0 Å². The van der Waals surface area contributed by atoms with Crippen LogP contribution in [0.25, 0.3) is 0 Å². The maximum absolute atomic E-state index is 7.50. The Kier molecular flexibility index (Phi) is 15.2. The maximum Gasteiger partial charge on any atom is 0 e. The van der Waals surface area contributed by atoms with E-state index in [1.807, 2.05) is 0 Å². The van der Waals surface area contributed by atoms with Gasteiger partial charge in [-0.15, -0.1) is 0 Å². The Balaban J connectivity index is -0.000000424. The van der Waals surface area contributed by atoms with Gasteiger partial charge in [0.25, 0.3) is 0 Å². The molecular weight excluding hydrogens is 467 g/mol. The molecule has 178 valence electrons. The van der Waals surface area contributed by atoms with E-state index in [-0.39, 0.29) is 38.6 Å². The second kappa shape index (κ2) is 13.6.